The lowest BCUT2D eigenvalue weighted by atomic mass is 9.85. The van der Waals surface area contributed by atoms with Gasteiger partial charge in [0.2, 0.25) is 5.91 Å². The highest BCUT2D eigenvalue weighted by Gasteiger charge is 2.34. The minimum Gasteiger partial charge on any atom is -0.353 e. The van der Waals surface area contributed by atoms with Gasteiger partial charge in [0.25, 0.3) is 0 Å². The average Bonchev–Trinajstić information content (AvgIpc) is 2.48. The minimum atomic E-state index is 0.153. The molecule has 2 fully saturated rings. The summed E-state index contributed by atoms with van der Waals surface area (Å²) in [6, 6.07) is 7.87. The van der Waals surface area contributed by atoms with Gasteiger partial charge in [0.15, 0.2) is 5.78 Å². The molecule has 1 aromatic carbocycles. The van der Waals surface area contributed by atoms with Crippen molar-refractivity contribution in [3.05, 3.63) is 34.3 Å². The third-order valence-electron chi connectivity index (χ3n) is 4.45. The van der Waals surface area contributed by atoms with Crippen molar-refractivity contribution < 1.29 is 9.59 Å². The van der Waals surface area contributed by atoms with Gasteiger partial charge in [-0.3, -0.25) is 14.5 Å². The van der Waals surface area contributed by atoms with Crippen molar-refractivity contribution in [2.75, 3.05) is 19.6 Å². The number of amides is 1. The van der Waals surface area contributed by atoms with Crippen molar-refractivity contribution in [1.29, 1.82) is 0 Å². The zero-order valence-electron chi connectivity index (χ0n) is 11.8. The standard InChI is InChI=1S/C16H19BrN2O2/c17-13-4-2-1-3-12(13)15(20)10-19-8-7-14-11(9-19)5-6-16(21)18-14/h1-4,11,14H,5-10H2,(H,18,21). The molecule has 0 aliphatic carbocycles. The molecular weight excluding hydrogens is 332 g/mol. The van der Waals surface area contributed by atoms with E-state index >= 15 is 0 Å². The highest BCUT2D eigenvalue weighted by Crippen LogP contribution is 2.26. The zero-order valence-corrected chi connectivity index (χ0v) is 13.4. The first-order chi connectivity index (χ1) is 10.1. The summed E-state index contributed by atoms with van der Waals surface area (Å²) in [6.45, 7) is 2.23. The van der Waals surface area contributed by atoms with Gasteiger partial charge in [0, 0.05) is 35.6 Å². The van der Waals surface area contributed by atoms with E-state index < -0.39 is 0 Å². The molecule has 2 aliphatic heterocycles. The summed E-state index contributed by atoms with van der Waals surface area (Å²) < 4.78 is 0.856. The normalized spacial score (nSPS) is 26.0. The number of nitrogens with zero attached hydrogens (tertiary/aromatic N) is 1. The number of carbonyl (C=O) groups excluding carboxylic acids is 2. The average molecular weight is 351 g/mol. The summed E-state index contributed by atoms with van der Waals surface area (Å²) >= 11 is 3.44. The SMILES string of the molecule is O=C1CCC2CN(CC(=O)c3ccccc3Br)CCC2N1. The number of carbonyl (C=O) groups is 2. The largest absolute Gasteiger partial charge is 0.353 e. The summed E-state index contributed by atoms with van der Waals surface area (Å²) in [5.41, 5.74) is 0.747. The fraction of sp³-hybridized carbons (Fsp3) is 0.500. The van der Waals surface area contributed by atoms with Crippen molar-refractivity contribution in [1.82, 2.24) is 10.2 Å². The third-order valence-corrected chi connectivity index (χ3v) is 5.14. The van der Waals surface area contributed by atoms with E-state index in [2.05, 4.69) is 26.1 Å². The predicted octanol–water partition coefficient (Wildman–Crippen LogP) is 2.23. The van der Waals surface area contributed by atoms with Crippen molar-refractivity contribution in [2.45, 2.75) is 25.3 Å². The van der Waals surface area contributed by atoms with Crippen LogP contribution in [0.2, 0.25) is 0 Å². The van der Waals surface area contributed by atoms with Gasteiger partial charge in [-0.2, -0.15) is 0 Å². The third kappa shape index (κ3) is 3.35. The number of ketones is 1. The number of benzene rings is 1. The molecule has 21 heavy (non-hydrogen) atoms. The number of fused-ring (bicyclic) bond motifs is 1. The molecule has 2 aliphatic rings. The van der Waals surface area contributed by atoms with Crippen LogP contribution in [0.15, 0.2) is 28.7 Å². The summed E-state index contributed by atoms with van der Waals surface area (Å²) in [5, 5.41) is 3.07. The Hall–Kier alpha value is -1.20. The Balaban J connectivity index is 1.61. The molecule has 112 valence electrons. The molecule has 1 amide bonds. The minimum absolute atomic E-state index is 0.153. The van der Waals surface area contributed by atoms with Gasteiger partial charge in [-0.25, -0.2) is 0 Å². The Kier molecular flexibility index (Phi) is 4.40. The molecule has 3 rings (SSSR count). The molecule has 0 radical (unpaired) electrons. The van der Waals surface area contributed by atoms with E-state index in [0.29, 0.717) is 24.9 Å². The summed E-state index contributed by atoms with van der Waals surface area (Å²) in [6.07, 6.45) is 2.50. The van der Waals surface area contributed by atoms with Gasteiger partial charge < -0.3 is 5.32 Å². The molecule has 0 saturated carbocycles. The van der Waals surface area contributed by atoms with Crippen molar-refractivity contribution in [3.8, 4) is 0 Å². The summed E-state index contributed by atoms with van der Waals surface area (Å²) in [4.78, 5) is 26.0. The highest BCUT2D eigenvalue weighted by atomic mass is 79.9. The quantitative estimate of drug-likeness (QED) is 0.850. The van der Waals surface area contributed by atoms with E-state index in [1.54, 1.807) is 0 Å². The lowest BCUT2D eigenvalue weighted by molar-refractivity contribution is -0.125. The van der Waals surface area contributed by atoms with Crippen LogP contribution in [0.1, 0.15) is 29.6 Å². The first-order valence-corrected chi connectivity index (χ1v) is 8.22. The molecule has 2 atom stereocenters. The second-order valence-electron chi connectivity index (χ2n) is 5.90. The summed E-state index contributed by atoms with van der Waals surface area (Å²) in [5.74, 6) is 0.818. The molecular formula is C16H19BrN2O2. The topological polar surface area (TPSA) is 49.4 Å². The van der Waals surface area contributed by atoms with E-state index in [1.807, 2.05) is 24.3 Å². The van der Waals surface area contributed by atoms with E-state index in [4.69, 9.17) is 0 Å². The number of piperidine rings is 2. The van der Waals surface area contributed by atoms with Crippen LogP contribution in [0.5, 0.6) is 0 Å². The van der Waals surface area contributed by atoms with Gasteiger partial charge in [-0.1, -0.05) is 34.1 Å². The monoisotopic (exact) mass is 350 g/mol. The lowest BCUT2D eigenvalue weighted by Crippen LogP contribution is -2.54. The number of likely N-dealkylation sites (tertiary alicyclic amines) is 1. The van der Waals surface area contributed by atoms with E-state index in [-0.39, 0.29) is 11.7 Å². The molecule has 2 heterocycles. The second kappa shape index (κ2) is 6.28. The molecule has 1 N–H and O–H groups in total. The Morgan fingerprint density at radius 2 is 2.14 bits per heavy atom. The smallest absolute Gasteiger partial charge is 0.220 e. The van der Waals surface area contributed by atoms with Crippen LogP contribution in [-0.2, 0) is 4.79 Å². The van der Waals surface area contributed by atoms with Crippen LogP contribution in [0.25, 0.3) is 0 Å². The molecule has 4 nitrogen and oxygen atoms in total. The Morgan fingerprint density at radius 3 is 2.95 bits per heavy atom. The zero-order chi connectivity index (χ0) is 14.8. The highest BCUT2D eigenvalue weighted by molar-refractivity contribution is 9.10. The molecule has 2 saturated heterocycles. The van der Waals surface area contributed by atoms with E-state index in [0.717, 1.165) is 36.0 Å². The van der Waals surface area contributed by atoms with Crippen molar-refractivity contribution in [2.24, 2.45) is 5.92 Å². The molecule has 2 unspecified atom stereocenters. The number of halogens is 1. The Morgan fingerprint density at radius 1 is 1.33 bits per heavy atom. The van der Waals surface area contributed by atoms with E-state index in [9.17, 15) is 9.59 Å². The summed E-state index contributed by atoms with van der Waals surface area (Å²) in [7, 11) is 0. The number of nitrogens with one attached hydrogen (secondary N) is 1. The fourth-order valence-electron chi connectivity index (χ4n) is 3.30. The van der Waals surface area contributed by atoms with Gasteiger partial charge >= 0.3 is 0 Å². The Bertz CT molecular complexity index is 561. The van der Waals surface area contributed by atoms with Crippen LogP contribution in [-0.4, -0.2) is 42.3 Å². The Labute approximate surface area is 133 Å². The van der Waals surface area contributed by atoms with Crippen LogP contribution < -0.4 is 5.32 Å². The lowest BCUT2D eigenvalue weighted by Gasteiger charge is -2.41. The number of Topliss-reactive ketones (excluding diaryl/α,β-unsaturated/α-hetero) is 1. The van der Waals surface area contributed by atoms with Crippen LogP contribution in [0.3, 0.4) is 0 Å². The van der Waals surface area contributed by atoms with Gasteiger partial charge in [-0.05, 0) is 24.8 Å². The van der Waals surface area contributed by atoms with Crippen molar-refractivity contribution in [3.63, 3.8) is 0 Å². The van der Waals surface area contributed by atoms with E-state index in [1.165, 1.54) is 0 Å². The molecule has 1 aromatic rings. The first kappa shape index (κ1) is 14.7. The van der Waals surface area contributed by atoms with Gasteiger partial charge in [0.05, 0.1) is 6.54 Å². The molecule has 5 heteroatoms. The van der Waals surface area contributed by atoms with Crippen LogP contribution in [0.4, 0.5) is 0 Å². The van der Waals surface area contributed by atoms with Gasteiger partial charge in [-0.15, -0.1) is 0 Å². The number of hydrogen-bond acceptors (Lipinski definition) is 3. The predicted molar refractivity (Wildman–Crippen MR) is 84.2 cm³/mol. The fourth-order valence-corrected chi connectivity index (χ4v) is 3.81. The maximum atomic E-state index is 12.4. The second-order valence-corrected chi connectivity index (χ2v) is 6.75. The molecule has 0 bridgehead atoms. The number of rotatable bonds is 3. The van der Waals surface area contributed by atoms with Crippen LogP contribution in [0, 0.1) is 5.92 Å². The maximum Gasteiger partial charge on any atom is 0.220 e. The van der Waals surface area contributed by atoms with Gasteiger partial charge in [0.1, 0.15) is 0 Å². The number of hydrogen-bond donors (Lipinski definition) is 1. The van der Waals surface area contributed by atoms with Crippen LogP contribution >= 0.6 is 15.9 Å². The van der Waals surface area contributed by atoms with Crippen molar-refractivity contribution >= 4 is 27.6 Å². The maximum absolute atomic E-state index is 12.4. The first-order valence-electron chi connectivity index (χ1n) is 7.43. The molecule has 0 aromatic heterocycles. The molecule has 0 spiro atoms.